The topological polar surface area (TPSA) is 163 Å². The molecule has 0 aromatic carbocycles. The van der Waals surface area contributed by atoms with Gasteiger partial charge in [0.2, 0.25) is 0 Å². The average molecular weight is 282 g/mol. The lowest BCUT2D eigenvalue weighted by atomic mass is 10.4. The van der Waals surface area contributed by atoms with Crippen LogP contribution in [0, 0.1) is 22.7 Å². The van der Waals surface area contributed by atoms with Gasteiger partial charge in [-0.2, -0.15) is 10.5 Å². The van der Waals surface area contributed by atoms with Crippen molar-refractivity contribution in [2.24, 2.45) is 0 Å². The molecule has 4 N–H and O–H groups in total. The maximum Gasteiger partial charge on any atom is 0.345 e. The van der Waals surface area contributed by atoms with Crippen LogP contribution in [0.1, 0.15) is 0 Å². The van der Waals surface area contributed by atoms with Crippen molar-refractivity contribution >= 4 is 11.9 Å². The number of aliphatic hydroxyl groups is 2. The average Bonchev–Trinajstić information content (AvgIpc) is 2.44. The Labute approximate surface area is 115 Å². The molecule has 0 aromatic heterocycles. The van der Waals surface area contributed by atoms with Crippen molar-refractivity contribution in [2.45, 2.75) is 0 Å². The molecule has 0 saturated carbocycles. The van der Waals surface area contributed by atoms with Crippen molar-refractivity contribution in [3.8, 4) is 12.1 Å². The molecule has 8 heteroatoms. The van der Waals surface area contributed by atoms with Gasteiger partial charge in [-0.25, -0.2) is 9.59 Å². The number of aliphatic hydroxyl groups excluding tert-OH is 2. The number of nitriles is 2. The first kappa shape index (κ1) is 22.3. The van der Waals surface area contributed by atoms with Crippen LogP contribution in [0.5, 0.6) is 0 Å². The fraction of sp³-hybridized carbons (Fsp3) is 0.167. The van der Waals surface area contributed by atoms with Gasteiger partial charge in [0.05, 0.1) is 13.2 Å². The minimum absolute atomic E-state index is 0.0144. The van der Waals surface area contributed by atoms with Gasteiger partial charge >= 0.3 is 11.9 Å². The molecule has 0 saturated heterocycles. The summed E-state index contributed by atoms with van der Waals surface area (Å²) in [5, 5.41) is 47.3. The largest absolute Gasteiger partial charge is 0.477 e. The number of aliphatic carboxylic acids is 2. The molecule has 0 aliphatic heterocycles. The van der Waals surface area contributed by atoms with E-state index in [1.807, 2.05) is 0 Å². The van der Waals surface area contributed by atoms with E-state index < -0.39 is 23.1 Å². The molecule has 0 spiro atoms. The van der Waals surface area contributed by atoms with Crippen LogP contribution in [-0.2, 0) is 9.59 Å². The number of carboxylic acids is 2. The Kier molecular flexibility index (Phi) is 17.9. The number of hydrogen-bond acceptors (Lipinski definition) is 6. The van der Waals surface area contributed by atoms with E-state index in [0.29, 0.717) is 0 Å². The van der Waals surface area contributed by atoms with Crippen LogP contribution < -0.4 is 0 Å². The van der Waals surface area contributed by atoms with E-state index >= 15 is 0 Å². The minimum atomic E-state index is -1.26. The molecule has 0 radical (unpaired) electrons. The summed E-state index contributed by atoms with van der Waals surface area (Å²) in [5.74, 6) is -2.52. The quantitative estimate of drug-likeness (QED) is 0.313. The highest BCUT2D eigenvalue weighted by Gasteiger charge is 1.98. The highest BCUT2D eigenvalue weighted by Crippen LogP contribution is 1.82. The molecule has 108 valence electrons. The smallest absolute Gasteiger partial charge is 0.345 e. The SMILES string of the molecule is C=C(C#N)C(=O)O.C=C(C#N)C(=O)O.OCC=CCO. The van der Waals surface area contributed by atoms with E-state index in [-0.39, 0.29) is 13.2 Å². The number of hydrogen-bond donors (Lipinski definition) is 4. The molecule has 0 aliphatic rings. The molecular formula is C12H14N2O6. The standard InChI is InChI=1S/2C4H3NO2.C4H8O2/c2*1-3(2-5)4(6)7;5-3-1-2-4-6/h2*1H2,(H,6,7);1-2,5-6H,3-4H2. The summed E-state index contributed by atoms with van der Waals surface area (Å²) in [5.41, 5.74) is -0.861. The molecule has 0 rings (SSSR count). The Bertz CT molecular complexity index is 412. The molecular weight excluding hydrogens is 268 g/mol. The molecule has 0 amide bonds. The molecule has 0 aromatic rings. The van der Waals surface area contributed by atoms with Gasteiger partial charge in [0, 0.05) is 0 Å². The third-order valence-corrected chi connectivity index (χ3v) is 1.16. The predicted molar refractivity (Wildman–Crippen MR) is 68.1 cm³/mol. The first-order valence-electron chi connectivity index (χ1n) is 4.79. The fourth-order valence-electron chi connectivity index (χ4n) is 0.245. The summed E-state index contributed by atoms with van der Waals surface area (Å²) in [6.07, 6.45) is 2.97. The number of nitrogens with zero attached hydrogens (tertiary/aromatic N) is 2. The van der Waals surface area contributed by atoms with Crippen LogP contribution in [0.25, 0.3) is 0 Å². The second-order valence-corrected chi connectivity index (χ2v) is 2.63. The number of rotatable bonds is 4. The van der Waals surface area contributed by atoms with E-state index in [1.165, 1.54) is 24.3 Å². The maximum atomic E-state index is 9.61. The minimum Gasteiger partial charge on any atom is -0.477 e. The summed E-state index contributed by atoms with van der Waals surface area (Å²) < 4.78 is 0. The highest BCUT2D eigenvalue weighted by molar-refractivity contribution is 5.90. The van der Waals surface area contributed by atoms with Crippen molar-refractivity contribution in [2.75, 3.05) is 13.2 Å². The van der Waals surface area contributed by atoms with E-state index in [1.54, 1.807) is 0 Å². The van der Waals surface area contributed by atoms with Gasteiger partial charge in [0.25, 0.3) is 0 Å². The van der Waals surface area contributed by atoms with Gasteiger partial charge in [0.15, 0.2) is 0 Å². The van der Waals surface area contributed by atoms with Crippen LogP contribution in [0.15, 0.2) is 36.5 Å². The summed E-state index contributed by atoms with van der Waals surface area (Å²) in [6, 6.07) is 2.74. The Morgan fingerprint density at radius 2 is 1.15 bits per heavy atom. The Balaban J connectivity index is -0.000000218. The highest BCUT2D eigenvalue weighted by atomic mass is 16.4. The first-order valence-corrected chi connectivity index (χ1v) is 4.79. The monoisotopic (exact) mass is 282 g/mol. The first-order chi connectivity index (χ1) is 9.28. The van der Waals surface area contributed by atoms with Crippen LogP contribution >= 0.6 is 0 Å². The lowest BCUT2D eigenvalue weighted by Crippen LogP contribution is -1.94. The van der Waals surface area contributed by atoms with Crippen molar-refractivity contribution in [1.29, 1.82) is 10.5 Å². The van der Waals surface area contributed by atoms with E-state index in [9.17, 15) is 9.59 Å². The van der Waals surface area contributed by atoms with Crippen molar-refractivity contribution in [3.05, 3.63) is 36.5 Å². The van der Waals surface area contributed by atoms with Crippen LogP contribution in [0.4, 0.5) is 0 Å². The Hall–Kier alpha value is -2.94. The van der Waals surface area contributed by atoms with Crippen LogP contribution in [0.2, 0.25) is 0 Å². The van der Waals surface area contributed by atoms with E-state index in [4.69, 9.17) is 30.9 Å². The van der Waals surface area contributed by atoms with Gasteiger partial charge in [0.1, 0.15) is 23.3 Å². The summed E-state index contributed by atoms with van der Waals surface area (Å²) >= 11 is 0. The molecule has 0 atom stereocenters. The summed E-state index contributed by atoms with van der Waals surface area (Å²) in [7, 11) is 0. The summed E-state index contributed by atoms with van der Waals surface area (Å²) in [4.78, 5) is 19.2. The molecule has 20 heavy (non-hydrogen) atoms. The zero-order valence-electron chi connectivity index (χ0n) is 10.5. The second kappa shape index (κ2) is 16.1. The molecule has 0 aliphatic carbocycles. The van der Waals surface area contributed by atoms with Gasteiger partial charge in [-0.3, -0.25) is 0 Å². The van der Waals surface area contributed by atoms with E-state index in [2.05, 4.69) is 13.2 Å². The summed E-state index contributed by atoms with van der Waals surface area (Å²) in [6.45, 7) is 5.85. The number of carbonyl (C=O) groups is 2. The van der Waals surface area contributed by atoms with Crippen molar-refractivity contribution in [3.63, 3.8) is 0 Å². The maximum absolute atomic E-state index is 9.61. The lowest BCUT2D eigenvalue weighted by molar-refractivity contribution is -0.133. The Morgan fingerprint density at radius 1 is 0.900 bits per heavy atom. The molecule has 8 nitrogen and oxygen atoms in total. The molecule has 0 fully saturated rings. The fourth-order valence-corrected chi connectivity index (χ4v) is 0.245. The zero-order chi connectivity index (χ0) is 16.6. The normalized spacial score (nSPS) is 7.80. The van der Waals surface area contributed by atoms with Crippen molar-refractivity contribution in [1.82, 2.24) is 0 Å². The van der Waals surface area contributed by atoms with Crippen LogP contribution in [-0.4, -0.2) is 45.6 Å². The van der Waals surface area contributed by atoms with Gasteiger partial charge in [-0.05, 0) is 0 Å². The molecule has 0 bridgehead atoms. The number of carboxylic acid groups (broad SMARTS) is 2. The van der Waals surface area contributed by atoms with Gasteiger partial charge in [-0.15, -0.1) is 0 Å². The van der Waals surface area contributed by atoms with Gasteiger partial charge < -0.3 is 20.4 Å². The van der Waals surface area contributed by atoms with Crippen LogP contribution in [0.3, 0.4) is 0 Å². The lowest BCUT2D eigenvalue weighted by Gasteiger charge is -1.76. The zero-order valence-corrected chi connectivity index (χ0v) is 10.5. The third kappa shape index (κ3) is 20.5. The molecule has 0 unspecified atom stereocenters. The molecule has 0 heterocycles. The third-order valence-electron chi connectivity index (χ3n) is 1.16. The van der Waals surface area contributed by atoms with E-state index in [0.717, 1.165) is 0 Å². The second-order valence-electron chi connectivity index (χ2n) is 2.63. The predicted octanol–water partition coefficient (Wildman–Crippen LogP) is -0.171. The van der Waals surface area contributed by atoms with Crippen molar-refractivity contribution < 1.29 is 30.0 Å². The van der Waals surface area contributed by atoms with Gasteiger partial charge in [-0.1, -0.05) is 25.3 Å². The Morgan fingerprint density at radius 3 is 1.20 bits per heavy atom.